The van der Waals surface area contributed by atoms with Crippen LogP contribution in [0, 0.1) is 11.7 Å². The average molecular weight is 490 g/mol. The van der Waals surface area contributed by atoms with Crippen LogP contribution in [0.15, 0.2) is 63.7 Å². The molecule has 3 N–H and O–H groups in total. The normalized spacial score (nSPS) is 16.0. The van der Waals surface area contributed by atoms with Gasteiger partial charge < -0.3 is 15.4 Å². The van der Waals surface area contributed by atoms with Crippen LogP contribution in [0.4, 0.5) is 10.1 Å². The lowest BCUT2D eigenvalue weighted by Gasteiger charge is -2.09. The fraction of sp³-hybridized carbons (Fsp3) is 0.231. The number of halogens is 1. The summed E-state index contributed by atoms with van der Waals surface area (Å²) in [4.78, 5) is 45.5. The lowest BCUT2D eigenvalue weighted by atomic mass is 10.1. The predicted molar refractivity (Wildman–Crippen MR) is 133 cm³/mol. The summed E-state index contributed by atoms with van der Waals surface area (Å²) in [5, 5.41) is 12.1. The molecule has 1 saturated carbocycles. The number of amides is 1. The Balaban J connectivity index is 1.58. The number of anilines is 1. The molecule has 1 unspecified atom stereocenters. The first-order valence-electron chi connectivity index (χ1n) is 11.5. The predicted octanol–water partition coefficient (Wildman–Crippen LogP) is 2.48. The number of benzene rings is 2. The maximum absolute atomic E-state index is 14.3. The van der Waals surface area contributed by atoms with Crippen molar-refractivity contribution in [2.24, 2.45) is 5.92 Å². The van der Waals surface area contributed by atoms with Gasteiger partial charge in [-0.05, 0) is 35.8 Å². The molecule has 0 spiro atoms. The average Bonchev–Trinajstić information content (AvgIpc) is 3.49. The number of nitrogens with one attached hydrogen (secondary N) is 2. The lowest BCUT2D eigenvalue weighted by Crippen LogP contribution is -2.39. The Kier molecular flexibility index (Phi) is 6.11. The molecule has 1 amide bonds. The number of imidazole rings is 1. The molecule has 1 atom stereocenters. The second-order valence-electron chi connectivity index (χ2n) is 8.86. The van der Waals surface area contributed by atoms with E-state index in [1.165, 1.54) is 23.6 Å². The van der Waals surface area contributed by atoms with Gasteiger partial charge in [-0.2, -0.15) is 0 Å². The first-order valence-corrected chi connectivity index (χ1v) is 11.5. The van der Waals surface area contributed by atoms with Crippen molar-refractivity contribution in [3.8, 4) is 0 Å². The summed E-state index contributed by atoms with van der Waals surface area (Å²) in [5.41, 5.74) is 1.71. The standard InChI is InChI=1S/C26H24FN5O4/c1-15(34)28-20-8-6-16(7-9-20)10-22-29-23-24(30-22)31(13-18-11-19(18)14-33)26(36)32(25(23)35)12-17-4-2-3-5-21(17)27/h2-9,13,19,33H,10-12,14H2,1H3,(H,28,34)(H,29,30)/b18-13+. The van der Waals surface area contributed by atoms with Gasteiger partial charge in [-0.3, -0.25) is 18.7 Å². The van der Waals surface area contributed by atoms with Crippen LogP contribution in [-0.4, -0.2) is 36.7 Å². The number of hydrogen-bond donors (Lipinski definition) is 3. The van der Waals surface area contributed by atoms with E-state index in [4.69, 9.17) is 0 Å². The summed E-state index contributed by atoms with van der Waals surface area (Å²) < 4.78 is 16.6. The zero-order valence-electron chi connectivity index (χ0n) is 19.5. The molecule has 10 heteroatoms. The number of nitrogens with zero attached hydrogens (tertiary/aromatic N) is 3. The molecule has 9 nitrogen and oxygen atoms in total. The van der Waals surface area contributed by atoms with Crippen LogP contribution in [0.2, 0.25) is 0 Å². The Hall–Kier alpha value is -4.31. The van der Waals surface area contributed by atoms with Crippen LogP contribution in [0.1, 0.15) is 30.3 Å². The molecule has 1 fully saturated rings. The van der Waals surface area contributed by atoms with Crippen LogP contribution in [0.25, 0.3) is 17.4 Å². The van der Waals surface area contributed by atoms with E-state index >= 15 is 0 Å². The maximum Gasteiger partial charge on any atom is 0.337 e. The van der Waals surface area contributed by atoms with E-state index in [1.54, 1.807) is 30.5 Å². The Morgan fingerprint density at radius 3 is 2.64 bits per heavy atom. The number of aliphatic hydroxyl groups is 1. The third kappa shape index (κ3) is 4.63. The van der Waals surface area contributed by atoms with Crippen molar-refractivity contribution in [3.63, 3.8) is 0 Å². The topological polar surface area (TPSA) is 122 Å². The summed E-state index contributed by atoms with van der Waals surface area (Å²) in [7, 11) is 0. The highest BCUT2D eigenvalue weighted by Crippen LogP contribution is 2.37. The van der Waals surface area contributed by atoms with Gasteiger partial charge >= 0.3 is 5.69 Å². The van der Waals surface area contributed by atoms with E-state index in [0.29, 0.717) is 24.4 Å². The number of H-pyrrole nitrogens is 1. The molecule has 4 aromatic rings. The molecular weight excluding hydrogens is 465 g/mol. The van der Waals surface area contributed by atoms with Crippen molar-refractivity contribution in [2.45, 2.75) is 26.3 Å². The second kappa shape index (κ2) is 9.38. The minimum atomic E-state index is -0.635. The summed E-state index contributed by atoms with van der Waals surface area (Å²) in [6.07, 6.45) is 2.61. The smallest absolute Gasteiger partial charge is 0.337 e. The Morgan fingerprint density at radius 2 is 1.97 bits per heavy atom. The van der Waals surface area contributed by atoms with Gasteiger partial charge in [0.1, 0.15) is 11.6 Å². The molecule has 1 aliphatic carbocycles. The van der Waals surface area contributed by atoms with Gasteiger partial charge in [0.15, 0.2) is 11.2 Å². The van der Waals surface area contributed by atoms with Gasteiger partial charge in [-0.25, -0.2) is 14.2 Å². The van der Waals surface area contributed by atoms with Crippen molar-refractivity contribution < 1.29 is 14.3 Å². The highest BCUT2D eigenvalue weighted by molar-refractivity contribution is 5.88. The van der Waals surface area contributed by atoms with Gasteiger partial charge in [0.05, 0.1) is 6.54 Å². The van der Waals surface area contributed by atoms with Crippen LogP contribution < -0.4 is 16.6 Å². The largest absolute Gasteiger partial charge is 0.396 e. The molecule has 36 heavy (non-hydrogen) atoms. The van der Waals surface area contributed by atoms with Crippen molar-refractivity contribution in [1.29, 1.82) is 0 Å². The molecule has 0 radical (unpaired) electrons. The van der Waals surface area contributed by atoms with E-state index in [0.717, 1.165) is 15.7 Å². The third-order valence-corrected chi connectivity index (χ3v) is 6.15. The molecule has 1 aliphatic rings. The van der Waals surface area contributed by atoms with Crippen molar-refractivity contribution in [3.05, 3.63) is 97.7 Å². The van der Waals surface area contributed by atoms with E-state index in [-0.39, 0.29) is 41.7 Å². The van der Waals surface area contributed by atoms with Crippen LogP contribution in [0.3, 0.4) is 0 Å². The first kappa shape index (κ1) is 23.4. The number of aliphatic hydroxyl groups excluding tert-OH is 1. The molecule has 184 valence electrons. The van der Waals surface area contributed by atoms with Crippen LogP contribution in [-0.2, 0) is 17.8 Å². The van der Waals surface area contributed by atoms with E-state index < -0.39 is 17.1 Å². The molecule has 0 saturated heterocycles. The maximum atomic E-state index is 14.3. The van der Waals surface area contributed by atoms with Gasteiger partial charge in [-0.15, -0.1) is 0 Å². The molecule has 2 heterocycles. The van der Waals surface area contributed by atoms with Crippen molar-refractivity contribution >= 4 is 29.0 Å². The zero-order chi connectivity index (χ0) is 25.4. The monoisotopic (exact) mass is 489 g/mol. The van der Waals surface area contributed by atoms with E-state index in [2.05, 4.69) is 15.3 Å². The second-order valence-corrected chi connectivity index (χ2v) is 8.86. The first-order chi connectivity index (χ1) is 17.3. The number of aromatic amines is 1. The molecule has 2 aromatic heterocycles. The van der Waals surface area contributed by atoms with E-state index in [1.807, 2.05) is 12.1 Å². The Morgan fingerprint density at radius 1 is 1.22 bits per heavy atom. The van der Waals surface area contributed by atoms with E-state index in [9.17, 15) is 23.9 Å². The summed E-state index contributed by atoms with van der Waals surface area (Å²) in [6.45, 7) is 1.17. The molecule has 0 bridgehead atoms. The van der Waals surface area contributed by atoms with Crippen LogP contribution >= 0.6 is 0 Å². The summed E-state index contributed by atoms with van der Waals surface area (Å²) >= 11 is 0. The Labute approximate surface area is 204 Å². The summed E-state index contributed by atoms with van der Waals surface area (Å²) in [5.74, 6) is -0.235. The zero-order valence-corrected chi connectivity index (χ0v) is 19.5. The minimum Gasteiger partial charge on any atom is -0.396 e. The molecule has 2 aromatic carbocycles. The quantitative estimate of drug-likeness (QED) is 0.368. The van der Waals surface area contributed by atoms with Crippen molar-refractivity contribution in [2.75, 3.05) is 11.9 Å². The minimum absolute atomic E-state index is 0.0283. The number of hydrogen-bond acceptors (Lipinski definition) is 5. The highest BCUT2D eigenvalue weighted by atomic mass is 19.1. The van der Waals surface area contributed by atoms with Gasteiger partial charge in [0, 0.05) is 43.3 Å². The number of rotatable bonds is 7. The van der Waals surface area contributed by atoms with Crippen molar-refractivity contribution in [1.82, 2.24) is 19.1 Å². The third-order valence-electron chi connectivity index (χ3n) is 6.15. The Bertz CT molecular complexity index is 1610. The fourth-order valence-electron chi connectivity index (χ4n) is 4.15. The van der Waals surface area contributed by atoms with Gasteiger partial charge in [0.25, 0.3) is 5.56 Å². The number of carbonyl (C=O) groups is 1. The van der Waals surface area contributed by atoms with Gasteiger partial charge in [-0.1, -0.05) is 30.3 Å². The number of aromatic nitrogens is 4. The van der Waals surface area contributed by atoms with Crippen LogP contribution in [0.5, 0.6) is 0 Å². The SMILES string of the molecule is CC(=O)Nc1ccc(Cc2nc3c([nH]2)c(=O)n(Cc2ccccc2F)c(=O)n3/C=C2\CC2CO)cc1. The lowest BCUT2D eigenvalue weighted by molar-refractivity contribution is -0.114. The molecule has 5 rings (SSSR count). The fourth-order valence-corrected chi connectivity index (χ4v) is 4.15. The number of fused-ring (bicyclic) bond motifs is 1. The summed E-state index contributed by atoms with van der Waals surface area (Å²) in [6, 6.07) is 13.2. The number of carbonyl (C=O) groups excluding carboxylic acids is 1. The molecule has 0 aliphatic heterocycles. The highest BCUT2D eigenvalue weighted by Gasteiger charge is 2.29. The molecular formula is C26H24FN5O4. The van der Waals surface area contributed by atoms with Gasteiger partial charge in [0.2, 0.25) is 5.91 Å².